The van der Waals surface area contributed by atoms with E-state index in [0.29, 0.717) is 19.7 Å². The molecule has 0 radical (unpaired) electrons. The zero-order chi connectivity index (χ0) is 23.0. The van der Waals surface area contributed by atoms with Crippen molar-refractivity contribution in [3.63, 3.8) is 0 Å². The number of hydrogen-bond donors (Lipinski definition) is 0. The van der Waals surface area contributed by atoms with E-state index in [0.717, 1.165) is 35.7 Å². The zero-order valence-electron chi connectivity index (χ0n) is 18.8. The quantitative estimate of drug-likeness (QED) is 0.409. The molecular formula is C28H27N3O2. The number of nitriles is 1. The van der Waals surface area contributed by atoms with Gasteiger partial charge in [0.05, 0.1) is 0 Å². The summed E-state index contributed by atoms with van der Waals surface area (Å²) in [5.74, 6) is 0.528. The van der Waals surface area contributed by atoms with Crippen LogP contribution >= 0.6 is 0 Å². The van der Waals surface area contributed by atoms with Gasteiger partial charge in [0.2, 0.25) is 0 Å². The number of anilines is 1. The van der Waals surface area contributed by atoms with E-state index in [4.69, 9.17) is 4.74 Å². The minimum Gasteiger partial charge on any atom is -0.489 e. The van der Waals surface area contributed by atoms with Crippen LogP contribution in [0.3, 0.4) is 0 Å². The van der Waals surface area contributed by atoms with Crippen molar-refractivity contribution >= 4 is 17.7 Å². The Bertz CT molecular complexity index is 1160. The molecule has 0 bridgehead atoms. The topological polar surface area (TPSA) is 56.6 Å². The van der Waals surface area contributed by atoms with E-state index < -0.39 is 0 Å². The molecule has 5 heteroatoms. The molecule has 1 aliphatic heterocycles. The second-order valence-electron chi connectivity index (χ2n) is 8.13. The lowest BCUT2D eigenvalue weighted by Gasteiger charge is -2.36. The van der Waals surface area contributed by atoms with E-state index >= 15 is 0 Å². The van der Waals surface area contributed by atoms with Crippen LogP contribution in [0, 0.1) is 18.3 Å². The molecule has 3 aromatic carbocycles. The predicted octanol–water partition coefficient (Wildman–Crippen LogP) is 4.83. The van der Waals surface area contributed by atoms with Gasteiger partial charge in [0.1, 0.15) is 24.0 Å². The van der Waals surface area contributed by atoms with Gasteiger partial charge in [0.15, 0.2) is 0 Å². The first-order chi connectivity index (χ1) is 16.1. The summed E-state index contributed by atoms with van der Waals surface area (Å²) < 4.78 is 5.86. The lowest BCUT2D eigenvalue weighted by Crippen LogP contribution is -2.49. The fraction of sp³-hybridized carbons (Fsp3) is 0.214. The van der Waals surface area contributed by atoms with E-state index in [1.807, 2.05) is 54.6 Å². The second kappa shape index (κ2) is 10.5. The first kappa shape index (κ1) is 22.2. The number of carbonyl (C=O) groups excluding carboxylic acids is 1. The average molecular weight is 438 g/mol. The minimum atomic E-state index is -0.218. The minimum absolute atomic E-state index is 0.150. The maximum Gasteiger partial charge on any atom is 0.264 e. The van der Waals surface area contributed by atoms with Crippen molar-refractivity contribution in [2.45, 2.75) is 13.5 Å². The lowest BCUT2D eigenvalue weighted by molar-refractivity contribution is -0.126. The number of nitrogens with zero attached hydrogens (tertiary/aromatic N) is 3. The Morgan fingerprint density at radius 2 is 1.70 bits per heavy atom. The normalized spacial score (nSPS) is 14.0. The third-order valence-electron chi connectivity index (χ3n) is 5.72. The Kier molecular flexibility index (Phi) is 7.06. The Balaban J connectivity index is 1.35. The van der Waals surface area contributed by atoms with Gasteiger partial charge in [-0.3, -0.25) is 4.79 Å². The van der Waals surface area contributed by atoms with Crippen LogP contribution in [0.1, 0.15) is 16.7 Å². The first-order valence-electron chi connectivity index (χ1n) is 11.1. The van der Waals surface area contributed by atoms with Crippen molar-refractivity contribution in [2.75, 3.05) is 31.1 Å². The Morgan fingerprint density at radius 3 is 2.36 bits per heavy atom. The van der Waals surface area contributed by atoms with Crippen LogP contribution in [-0.2, 0) is 11.4 Å². The van der Waals surface area contributed by atoms with Crippen molar-refractivity contribution in [3.8, 4) is 11.8 Å². The third kappa shape index (κ3) is 5.81. The van der Waals surface area contributed by atoms with E-state index in [-0.39, 0.29) is 11.5 Å². The molecule has 0 N–H and O–H groups in total. The highest BCUT2D eigenvalue weighted by Gasteiger charge is 2.23. The summed E-state index contributed by atoms with van der Waals surface area (Å²) in [5, 5.41) is 9.60. The molecule has 0 atom stereocenters. The summed E-state index contributed by atoms with van der Waals surface area (Å²) >= 11 is 0. The fourth-order valence-electron chi connectivity index (χ4n) is 3.91. The van der Waals surface area contributed by atoms with Gasteiger partial charge in [0, 0.05) is 31.9 Å². The molecule has 1 heterocycles. The van der Waals surface area contributed by atoms with Gasteiger partial charge in [-0.15, -0.1) is 0 Å². The smallest absolute Gasteiger partial charge is 0.264 e. The molecule has 0 aromatic heterocycles. The summed E-state index contributed by atoms with van der Waals surface area (Å²) in [6.07, 6.45) is 1.65. The number of benzene rings is 3. The van der Waals surface area contributed by atoms with Gasteiger partial charge < -0.3 is 14.5 Å². The van der Waals surface area contributed by atoms with Gasteiger partial charge in [0.25, 0.3) is 5.91 Å². The molecule has 166 valence electrons. The van der Waals surface area contributed by atoms with Crippen molar-refractivity contribution < 1.29 is 9.53 Å². The summed E-state index contributed by atoms with van der Waals surface area (Å²) in [5.41, 5.74) is 4.42. The third-order valence-corrected chi connectivity index (χ3v) is 5.72. The van der Waals surface area contributed by atoms with Crippen LogP contribution < -0.4 is 9.64 Å². The monoisotopic (exact) mass is 437 g/mol. The van der Waals surface area contributed by atoms with Gasteiger partial charge in [-0.2, -0.15) is 5.26 Å². The second-order valence-corrected chi connectivity index (χ2v) is 8.13. The van der Waals surface area contributed by atoms with Crippen LogP contribution in [0.4, 0.5) is 5.69 Å². The average Bonchev–Trinajstić information content (AvgIpc) is 2.87. The number of ether oxygens (including phenoxy) is 1. The van der Waals surface area contributed by atoms with Crippen molar-refractivity contribution in [1.82, 2.24) is 4.90 Å². The van der Waals surface area contributed by atoms with Crippen LogP contribution in [-0.4, -0.2) is 37.0 Å². The summed E-state index contributed by atoms with van der Waals surface area (Å²) in [6, 6.07) is 27.9. The number of carbonyl (C=O) groups is 1. The highest BCUT2D eigenvalue weighted by molar-refractivity contribution is 6.01. The van der Waals surface area contributed by atoms with Crippen LogP contribution in [0.2, 0.25) is 0 Å². The molecule has 1 saturated heterocycles. The maximum absolute atomic E-state index is 12.9. The van der Waals surface area contributed by atoms with E-state index in [1.165, 1.54) is 5.56 Å². The van der Waals surface area contributed by atoms with Gasteiger partial charge in [-0.25, -0.2) is 0 Å². The Morgan fingerprint density at radius 1 is 0.970 bits per heavy atom. The number of amides is 1. The molecule has 3 aromatic rings. The summed E-state index contributed by atoms with van der Waals surface area (Å²) in [6.45, 7) is 5.25. The van der Waals surface area contributed by atoms with E-state index in [9.17, 15) is 10.1 Å². The Labute approximate surface area is 195 Å². The standard InChI is InChI=1S/C28H27N3O2/c1-22-6-5-7-24(18-22)21-33-27-12-10-23(11-13-27)19-25(20-29)28(32)31-16-14-30(15-17-31)26-8-3-2-4-9-26/h2-13,18-19H,14-17,21H2,1H3/b25-19-. The van der Waals surface area contributed by atoms with Crippen LogP contribution in [0.15, 0.2) is 84.4 Å². The van der Waals surface area contributed by atoms with Crippen LogP contribution in [0.25, 0.3) is 6.08 Å². The molecule has 1 amide bonds. The molecule has 0 unspecified atom stereocenters. The molecular weight excluding hydrogens is 410 g/mol. The SMILES string of the molecule is Cc1cccc(COc2ccc(/C=C(/C#N)C(=O)N3CCN(c4ccccc4)CC3)cc2)c1. The predicted molar refractivity (Wildman–Crippen MR) is 131 cm³/mol. The first-order valence-corrected chi connectivity index (χ1v) is 11.1. The summed E-state index contributed by atoms with van der Waals surface area (Å²) in [7, 11) is 0. The van der Waals surface area contributed by atoms with Gasteiger partial charge in [-0.1, -0.05) is 60.2 Å². The van der Waals surface area contributed by atoms with Crippen LogP contribution in [0.5, 0.6) is 5.75 Å². The highest BCUT2D eigenvalue weighted by Crippen LogP contribution is 2.19. The van der Waals surface area contributed by atoms with Crippen molar-refractivity contribution in [2.24, 2.45) is 0 Å². The van der Waals surface area contributed by atoms with E-state index in [2.05, 4.69) is 42.2 Å². The molecule has 5 nitrogen and oxygen atoms in total. The number of rotatable bonds is 6. The number of hydrogen-bond acceptors (Lipinski definition) is 4. The molecule has 0 spiro atoms. The molecule has 1 fully saturated rings. The molecule has 0 aliphatic carbocycles. The fourth-order valence-corrected chi connectivity index (χ4v) is 3.91. The molecule has 0 saturated carbocycles. The molecule has 4 rings (SSSR count). The largest absolute Gasteiger partial charge is 0.489 e. The number of aryl methyl sites for hydroxylation is 1. The molecule has 1 aliphatic rings. The Hall–Kier alpha value is -4.04. The maximum atomic E-state index is 12.9. The molecule has 33 heavy (non-hydrogen) atoms. The number of para-hydroxylation sites is 1. The van der Waals surface area contributed by atoms with Crippen molar-refractivity contribution in [1.29, 1.82) is 5.26 Å². The van der Waals surface area contributed by atoms with Crippen molar-refractivity contribution in [3.05, 3.63) is 101 Å². The van der Waals surface area contributed by atoms with Gasteiger partial charge in [-0.05, 0) is 48.4 Å². The summed E-state index contributed by atoms with van der Waals surface area (Å²) in [4.78, 5) is 16.9. The van der Waals surface area contributed by atoms with Gasteiger partial charge >= 0.3 is 0 Å². The number of piperazine rings is 1. The van der Waals surface area contributed by atoms with E-state index in [1.54, 1.807) is 11.0 Å². The highest BCUT2D eigenvalue weighted by atomic mass is 16.5. The zero-order valence-corrected chi connectivity index (χ0v) is 18.8. The lowest BCUT2D eigenvalue weighted by atomic mass is 10.1.